The lowest BCUT2D eigenvalue weighted by atomic mass is 10.2. The second-order valence-corrected chi connectivity index (χ2v) is 4.02. The molecule has 7 nitrogen and oxygen atoms in total. The van der Waals surface area contributed by atoms with E-state index in [1.165, 1.54) is 30.9 Å². The normalized spacial score (nSPS) is 11.4. The van der Waals surface area contributed by atoms with Gasteiger partial charge in [-0.3, -0.25) is 4.57 Å². The lowest BCUT2D eigenvalue weighted by Gasteiger charge is -2.06. The number of rotatable bonds is 3. The number of nitrogen functional groups attached to an aromatic ring is 1. The molecular formula is C8H7FN4O3S. The highest BCUT2D eigenvalue weighted by Crippen LogP contribution is 2.25. The van der Waals surface area contributed by atoms with E-state index in [1.807, 2.05) is 0 Å². The number of nitrogens with two attached hydrogens (primary N) is 1. The van der Waals surface area contributed by atoms with Crippen molar-refractivity contribution in [2.24, 2.45) is 0 Å². The van der Waals surface area contributed by atoms with Crippen LogP contribution in [0.1, 0.15) is 0 Å². The minimum Gasteiger partial charge on any atom is -0.396 e. The second-order valence-electron chi connectivity index (χ2n) is 3.07. The quantitative estimate of drug-likeness (QED) is 0.633. The van der Waals surface area contributed by atoms with Gasteiger partial charge in [0.05, 0.1) is 11.4 Å². The van der Waals surface area contributed by atoms with Crippen LogP contribution in [0, 0.1) is 0 Å². The molecule has 2 N–H and O–H groups in total. The van der Waals surface area contributed by atoms with Crippen LogP contribution in [0.5, 0.6) is 5.75 Å². The molecule has 2 rings (SSSR count). The lowest BCUT2D eigenvalue weighted by molar-refractivity contribution is 0.441. The van der Waals surface area contributed by atoms with Crippen LogP contribution in [-0.2, 0) is 10.5 Å². The van der Waals surface area contributed by atoms with E-state index in [9.17, 15) is 12.3 Å². The van der Waals surface area contributed by atoms with Crippen molar-refractivity contribution in [1.29, 1.82) is 0 Å². The average Bonchev–Trinajstić information content (AvgIpc) is 2.72. The van der Waals surface area contributed by atoms with E-state index in [4.69, 9.17) is 5.73 Å². The molecule has 0 saturated carbocycles. The molecule has 1 aromatic heterocycles. The number of aromatic nitrogens is 3. The molecule has 0 radical (unpaired) electrons. The Morgan fingerprint density at radius 3 is 2.47 bits per heavy atom. The van der Waals surface area contributed by atoms with Gasteiger partial charge in [0, 0.05) is 0 Å². The molecule has 90 valence electrons. The molecule has 9 heteroatoms. The fourth-order valence-electron chi connectivity index (χ4n) is 1.21. The van der Waals surface area contributed by atoms with E-state index in [1.54, 1.807) is 4.57 Å². The zero-order chi connectivity index (χ0) is 12.5. The minimum atomic E-state index is -5.08. The second kappa shape index (κ2) is 4.01. The summed E-state index contributed by atoms with van der Waals surface area (Å²) in [4.78, 5) is 0. The summed E-state index contributed by atoms with van der Waals surface area (Å²) in [5, 5.41) is 7.19. The zero-order valence-electron chi connectivity index (χ0n) is 8.32. The molecular weight excluding hydrogens is 251 g/mol. The molecule has 0 fully saturated rings. The van der Waals surface area contributed by atoms with Gasteiger partial charge in [0.25, 0.3) is 0 Å². The predicted octanol–water partition coefficient (Wildman–Crippen LogP) is 0.443. The van der Waals surface area contributed by atoms with E-state index in [-0.39, 0.29) is 11.4 Å². The van der Waals surface area contributed by atoms with Gasteiger partial charge in [-0.25, -0.2) is 0 Å². The minimum absolute atomic E-state index is 0.0163. The summed E-state index contributed by atoms with van der Waals surface area (Å²) in [5.41, 5.74) is 6.10. The molecule has 0 spiro atoms. The number of hydrogen-bond acceptors (Lipinski definition) is 6. The Bertz CT molecular complexity index is 626. The van der Waals surface area contributed by atoms with Gasteiger partial charge in [0.1, 0.15) is 12.7 Å². The average molecular weight is 258 g/mol. The summed E-state index contributed by atoms with van der Waals surface area (Å²) in [6.45, 7) is 0. The number of nitrogens with zero attached hydrogens (tertiary/aromatic N) is 3. The van der Waals surface area contributed by atoms with Crippen LogP contribution in [-0.4, -0.2) is 23.2 Å². The van der Waals surface area contributed by atoms with Crippen molar-refractivity contribution in [3.63, 3.8) is 0 Å². The summed E-state index contributed by atoms with van der Waals surface area (Å²) in [6, 6.07) is 4.13. The van der Waals surface area contributed by atoms with E-state index in [2.05, 4.69) is 14.4 Å². The monoisotopic (exact) mass is 258 g/mol. The predicted molar refractivity (Wildman–Crippen MR) is 56.4 cm³/mol. The molecule has 0 unspecified atom stereocenters. The standard InChI is InChI=1S/C8H7FN4O3S/c9-17(14,15)16-8-2-1-6(3-7(8)10)13-4-11-12-5-13/h1-5H,10H2. The molecule has 0 aliphatic rings. The fourth-order valence-corrected chi connectivity index (χ4v) is 1.58. The third kappa shape index (κ3) is 2.69. The summed E-state index contributed by atoms with van der Waals surface area (Å²) in [5.74, 6) is -0.274. The third-order valence-corrected chi connectivity index (χ3v) is 2.28. The van der Waals surface area contributed by atoms with Crippen LogP contribution in [0.2, 0.25) is 0 Å². The molecule has 0 aliphatic heterocycles. The van der Waals surface area contributed by atoms with Crippen LogP contribution >= 0.6 is 0 Å². The number of anilines is 1. The third-order valence-electron chi connectivity index (χ3n) is 1.90. The molecule has 17 heavy (non-hydrogen) atoms. The summed E-state index contributed by atoms with van der Waals surface area (Å²) >= 11 is 0. The highest BCUT2D eigenvalue weighted by atomic mass is 32.3. The number of halogens is 1. The number of hydrogen-bond donors (Lipinski definition) is 1. The highest BCUT2D eigenvalue weighted by molar-refractivity contribution is 7.81. The maximum Gasteiger partial charge on any atom is 0.488 e. The van der Waals surface area contributed by atoms with Gasteiger partial charge in [-0.15, -0.1) is 10.2 Å². The maximum atomic E-state index is 12.3. The summed E-state index contributed by atoms with van der Waals surface area (Å²) in [7, 11) is -5.08. The Morgan fingerprint density at radius 2 is 1.94 bits per heavy atom. The molecule has 1 heterocycles. The van der Waals surface area contributed by atoms with Crippen LogP contribution < -0.4 is 9.92 Å². The van der Waals surface area contributed by atoms with Crippen molar-refractivity contribution >= 4 is 16.2 Å². The van der Waals surface area contributed by atoms with Gasteiger partial charge in [0.15, 0.2) is 5.75 Å². The van der Waals surface area contributed by atoms with Crippen LogP contribution in [0.15, 0.2) is 30.9 Å². The van der Waals surface area contributed by atoms with E-state index < -0.39 is 10.5 Å². The molecule has 0 aliphatic carbocycles. The molecule has 0 amide bonds. The summed E-state index contributed by atoms with van der Waals surface area (Å²) < 4.78 is 38.5. The smallest absolute Gasteiger partial charge is 0.396 e. The van der Waals surface area contributed by atoms with Gasteiger partial charge < -0.3 is 9.92 Å². The van der Waals surface area contributed by atoms with Gasteiger partial charge >= 0.3 is 10.5 Å². The van der Waals surface area contributed by atoms with Gasteiger partial charge in [-0.2, -0.15) is 8.42 Å². The van der Waals surface area contributed by atoms with Crippen molar-refractivity contribution in [1.82, 2.24) is 14.8 Å². The first-order valence-corrected chi connectivity index (χ1v) is 5.65. The van der Waals surface area contributed by atoms with E-state index in [0.29, 0.717) is 5.69 Å². The summed E-state index contributed by atoms with van der Waals surface area (Å²) in [6.07, 6.45) is 2.86. The Balaban J connectivity index is 2.36. The molecule has 0 bridgehead atoms. The molecule has 1 aromatic carbocycles. The topological polar surface area (TPSA) is 100 Å². The van der Waals surface area contributed by atoms with Crippen LogP contribution in [0.3, 0.4) is 0 Å². The van der Waals surface area contributed by atoms with Crippen molar-refractivity contribution in [2.75, 3.05) is 5.73 Å². The van der Waals surface area contributed by atoms with E-state index in [0.717, 1.165) is 0 Å². The van der Waals surface area contributed by atoms with Crippen molar-refractivity contribution in [2.45, 2.75) is 0 Å². The zero-order valence-corrected chi connectivity index (χ0v) is 9.13. The maximum absolute atomic E-state index is 12.3. The van der Waals surface area contributed by atoms with Gasteiger partial charge in [-0.1, -0.05) is 3.89 Å². The van der Waals surface area contributed by atoms with E-state index >= 15 is 0 Å². The molecule has 0 saturated heterocycles. The Morgan fingerprint density at radius 1 is 1.29 bits per heavy atom. The Labute approximate surface area is 96.1 Å². The van der Waals surface area contributed by atoms with Crippen LogP contribution in [0.25, 0.3) is 5.69 Å². The number of benzene rings is 1. The SMILES string of the molecule is Nc1cc(-n2cnnc2)ccc1OS(=O)(=O)F. The molecule has 0 atom stereocenters. The first-order chi connectivity index (χ1) is 7.96. The molecule has 2 aromatic rings. The van der Waals surface area contributed by atoms with Crippen molar-refractivity contribution < 1.29 is 16.5 Å². The van der Waals surface area contributed by atoms with Gasteiger partial charge in [-0.05, 0) is 18.2 Å². The Hall–Kier alpha value is -2.16. The fraction of sp³-hybridized carbons (Fsp3) is 0. The van der Waals surface area contributed by atoms with Gasteiger partial charge in [0.2, 0.25) is 0 Å². The first-order valence-electron chi connectivity index (χ1n) is 4.34. The lowest BCUT2D eigenvalue weighted by Crippen LogP contribution is -2.04. The van der Waals surface area contributed by atoms with Crippen LogP contribution in [0.4, 0.5) is 9.57 Å². The first kappa shape index (κ1) is 11.3. The largest absolute Gasteiger partial charge is 0.488 e. The Kier molecular flexibility index (Phi) is 2.68. The highest BCUT2D eigenvalue weighted by Gasteiger charge is 2.12. The van der Waals surface area contributed by atoms with Crippen molar-refractivity contribution in [3.05, 3.63) is 30.9 Å². The van der Waals surface area contributed by atoms with Crippen molar-refractivity contribution in [3.8, 4) is 11.4 Å².